The van der Waals surface area contributed by atoms with Crippen LogP contribution >= 0.6 is 24.0 Å². The van der Waals surface area contributed by atoms with Gasteiger partial charge in [-0.15, -0.1) is 0 Å². The molecule has 19 heavy (non-hydrogen) atoms. The maximum absolute atomic E-state index is 11.8. The van der Waals surface area contributed by atoms with E-state index in [1.54, 1.807) is 4.90 Å². The van der Waals surface area contributed by atoms with Crippen molar-refractivity contribution in [1.29, 1.82) is 0 Å². The molecule has 1 aliphatic rings. The second-order valence-electron chi connectivity index (χ2n) is 4.70. The number of thioether (sulfide) groups is 1. The van der Waals surface area contributed by atoms with Gasteiger partial charge >= 0.3 is 0 Å². The van der Waals surface area contributed by atoms with Gasteiger partial charge in [-0.2, -0.15) is 11.8 Å². The highest BCUT2D eigenvalue weighted by Crippen LogP contribution is 2.14. The molecule has 1 atom stereocenters. The zero-order valence-corrected chi connectivity index (χ0v) is 12.8. The summed E-state index contributed by atoms with van der Waals surface area (Å²) in [5.41, 5.74) is 2.60. The Morgan fingerprint density at radius 2 is 2.05 bits per heavy atom. The van der Waals surface area contributed by atoms with Gasteiger partial charge < -0.3 is 5.32 Å². The van der Waals surface area contributed by atoms with Crippen LogP contribution in [0.5, 0.6) is 0 Å². The molecule has 3 nitrogen and oxygen atoms in total. The Balaban J connectivity index is 1.74. The zero-order valence-electron chi connectivity index (χ0n) is 11.2. The van der Waals surface area contributed by atoms with Gasteiger partial charge in [0.2, 0.25) is 0 Å². The molecule has 0 bridgehead atoms. The summed E-state index contributed by atoms with van der Waals surface area (Å²) in [6, 6.07) is 8.38. The first-order chi connectivity index (χ1) is 9.08. The van der Waals surface area contributed by atoms with Crippen molar-refractivity contribution < 1.29 is 4.79 Å². The van der Waals surface area contributed by atoms with Gasteiger partial charge in [-0.1, -0.05) is 29.8 Å². The van der Waals surface area contributed by atoms with E-state index in [-0.39, 0.29) is 11.9 Å². The van der Waals surface area contributed by atoms with Crippen molar-refractivity contribution in [2.75, 3.05) is 12.3 Å². The van der Waals surface area contributed by atoms with E-state index >= 15 is 0 Å². The van der Waals surface area contributed by atoms with Gasteiger partial charge in [0.25, 0.3) is 5.91 Å². The standard InChI is InChI=1S/C14H18N2OS2/c1-10-3-5-12(6-4-10)9-19-8-7-16-13(17)11(2)15-14(16)18/h3-6,11H,7-9H2,1-2H3,(H,15,18). The molecule has 0 saturated carbocycles. The predicted molar refractivity (Wildman–Crippen MR) is 84.2 cm³/mol. The van der Waals surface area contributed by atoms with Crippen LogP contribution in [0.15, 0.2) is 24.3 Å². The average Bonchev–Trinajstić information content (AvgIpc) is 2.62. The number of rotatable bonds is 5. The molecule has 1 unspecified atom stereocenters. The number of amides is 1. The fourth-order valence-corrected chi connectivity index (χ4v) is 3.14. The monoisotopic (exact) mass is 294 g/mol. The van der Waals surface area contributed by atoms with Crippen LogP contribution in [-0.2, 0) is 10.5 Å². The lowest BCUT2D eigenvalue weighted by Gasteiger charge is -2.14. The largest absolute Gasteiger partial charge is 0.351 e. The summed E-state index contributed by atoms with van der Waals surface area (Å²) in [5, 5.41) is 3.54. The minimum Gasteiger partial charge on any atom is -0.351 e. The second-order valence-corrected chi connectivity index (χ2v) is 6.19. The summed E-state index contributed by atoms with van der Waals surface area (Å²) < 4.78 is 0. The van der Waals surface area contributed by atoms with Gasteiger partial charge in [0.15, 0.2) is 5.11 Å². The first-order valence-corrected chi connectivity index (χ1v) is 7.89. The van der Waals surface area contributed by atoms with Crippen LogP contribution in [-0.4, -0.2) is 34.3 Å². The number of aryl methyl sites for hydroxylation is 1. The first kappa shape index (κ1) is 14.3. The average molecular weight is 294 g/mol. The van der Waals surface area contributed by atoms with E-state index in [0.29, 0.717) is 11.7 Å². The van der Waals surface area contributed by atoms with Crippen molar-refractivity contribution in [3.05, 3.63) is 35.4 Å². The third-order valence-corrected chi connectivity index (χ3v) is 4.42. The van der Waals surface area contributed by atoms with Crippen molar-refractivity contribution in [2.45, 2.75) is 25.6 Å². The Hall–Kier alpha value is -1.07. The molecule has 2 rings (SSSR count). The Kier molecular flexibility index (Phi) is 4.82. The van der Waals surface area contributed by atoms with Crippen LogP contribution in [0.3, 0.4) is 0 Å². The minimum atomic E-state index is -0.172. The maximum Gasteiger partial charge on any atom is 0.251 e. The molecule has 102 valence electrons. The fraction of sp³-hybridized carbons (Fsp3) is 0.429. The number of thiocarbonyl (C=S) groups is 1. The van der Waals surface area contributed by atoms with Gasteiger partial charge in [0, 0.05) is 18.1 Å². The molecule has 1 fully saturated rings. The number of nitrogens with one attached hydrogen (secondary N) is 1. The molecular formula is C14H18N2OS2. The molecule has 1 aliphatic heterocycles. The van der Waals surface area contributed by atoms with E-state index in [2.05, 4.69) is 36.5 Å². The van der Waals surface area contributed by atoms with Crippen molar-refractivity contribution >= 4 is 35.0 Å². The molecule has 5 heteroatoms. The second kappa shape index (κ2) is 6.39. The predicted octanol–water partition coefficient (Wildman–Crippen LogP) is 2.33. The summed E-state index contributed by atoms with van der Waals surface area (Å²) in [7, 11) is 0. The molecule has 0 radical (unpaired) electrons. The normalized spacial score (nSPS) is 18.8. The number of hydrogen-bond donors (Lipinski definition) is 1. The molecule has 0 spiro atoms. The van der Waals surface area contributed by atoms with E-state index in [1.807, 2.05) is 18.7 Å². The number of carbonyl (C=O) groups excluding carboxylic acids is 1. The van der Waals surface area contributed by atoms with Crippen LogP contribution in [0.1, 0.15) is 18.1 Å². The summed E-state index contributed by atoms with van der Waals surface area (Å²) in [6.07, 6.45) is 0. The van der Waals surface area contributed by atoms with E-state index in [1.165, 1.54) is 11.1 Å². The lowest BCUT2D eigenvalue weighted by molar-refractivity contribution is -0.126. The van der Waals surface area contributed by atoms with Gasteiger partial charge in [0.05, 0.1) is 0 Å². The van der Waals surface area contributed by atoms with Crippen LogP contribution in [0, 0.1) is 6.92 Å². The maximum atomic E-state index is 11.8. The Morgan fingerprint density at radius 1 is 1.37 bits per heavy atom. The molecule has 1 saturated heterocycles. The Bertz CT molecular complexity index is 473. The molecule has 1 heterocycles. The number of carbonyl (C=O) groups is 1. The van der Waals surface area contributed by atoms with Gasteiger partial charge in [-0.3, -0.25) is 9.69 Å². The Morgan fingerprint density at radius 3 is 2.63 bits per heavy atom. The van der Waals surface area contributed by atoms with Crippen molar-refractivity contribution in [3.8, 4) is 0 Å². The fourth-order valence-electron chi connectivity index (χ4n) is 1.90. The van der Waals surface area contributed by atoms with Crippen molar-refractivity contribution in [1.82, 2.24) is 10.2 Å². The molecular weight excluding hydrogens is 276 g/mol. The van der Waals surface area contributed by atoms with Gasteiger partial charge in [0.1, 0.15) is 6.04 Å². The van der Waals surface area contributed by atoms with Crippen LogP contribution < -0.4 is 5.32 Å². The topological polar surface area (TPSA) is 32.3 Å². The van der Waals surface area contributed by atoms with Crippen LogP contribution in [0.4, 0.5) is 0 Å². The number of benzene rings is 1. The van der Waals surface area contributed by atoms with E-state index < -0.39 is 0 Å². The number of nitrogens with zero attached hydrogens (tertiary/aromatic N) is 1. The number of hydrogen-bond acceptors (Lipinski definition) is 3. The SMILES string of the molecule is Cc1ccc(CSCCN2C(=O)C(C)NC2=S)cc1. The highest BCUT2D eigenvalue weighted by atomic mass is 32.2. The summed E-state index contributed by atoms with van der Waals surface area (Å²) in [6.45, 7) is 4.62. The smallest absolute Gasteiger partial charge is 0.251 e. The third kappa shape index (κ3) is 3.70. The lowest BCUT2D eigenvalue weighted by Crippen LogP contribution is -2.33. The van der Waals surface area contributed by atoms with Gasteiger partial charge in [-0.25, -0.2) is 0 Å². The zero-order chi connectivity index (χ0) is 13.8. The highest BCUT2D eigenvalue weighted by molar-refractivity contribution is 7.98. The first-order valence-electron chi connectivity index (χ1n) is 6.33. The molecule has 1 aromatic rings. The van der Waals surface area contributed by atoms with Crippen LogP contribution in [0.2, 0.25) is 0 Å². The summed E-state index contributed by atoms with van der Waals surface area (Å²) >= 11 is 6.96. The summed E-state index contributed by atoms with van der Waals surface area (Å²) in [4.78, 5) is 13.5. The van der Waals surface area contributed by atoms with E-state index in [0.717, 1.165) is 11.5 Å². The Labute approximate surface area is 123 Å². The van der Waals surface area contributed by atoms with Crippen LogP contribution in [0.25, 0.3) is 0 Å². The lowest BCUT2D eigenvalue weighted by atomic mass is 10.2. The van der Waals surface area contributed by atoms with E-state index in [4.69, 9.17) is 12.2 Å². The highest BCUT2D eigenvalue weighted by Gasteiger charge is 2.31. The van der Waals surface area contributed by atoms with Crippen molar-refractivity contribution in [2.24, 2.45) is 0 Å². The van der Waals surface area contributed by atoms with Gasteiger partial charge in [-0.05, 0) is 31.6 Å². The molecule has 1 N–H and O–H groups in total. The molecule has 0 aromatic heterocycles. The molecule has 1 aromatic carbocycles. The molecule has 1 amide bonds. The third-order valence-electron chi connectivity index (χ3n) is 3.07. The van der Waals surface area contributed by atoms with Crippen molar-refractivity contribution in [3.63, 3.8) is 0 Å². The quantitative estimate of drug-likeness (QED) is 0.667. The summed E-state index contributed by atoms with van der Waals surface area (Å²) in [5.74, 6) is 1.95. The molecule has 0 aliphatic carbocycles. The van der Waals surface area contributed by atoms with E-state index in [9.17, 15) is 4.79 Å². The minimum absolute atomic E-state index is 0.0842.